The molecule has 0 aliphatic carbocycles. The van der Waals surface area contributed by atoms with Crippen molar-refractivity contribution in [2.75, 3.05) is 5.32 Å². The molecule has 28 heavy (non-hydrogen) atoms. The van der Waals surface area contributed by atoms with E-state index < -0.39 is 11.7 Å². The number of ether oxygens (including phenoxy) is 1. The zero-order valence-corrected chi connectivity index (χ0v) is 15.7. The number of aromatic nitrogens is 2. The number of anilines is 1. The van der Waals surface area contributed by atoms with E-state index in [9.17, 15) is 14.0 Å². The van der Waals surface area contributed by atoms with Crippen molar-refractivity contribution in [3.63, 3.8) is 0 Å². The van der Waals surface area contributed by atoms with Crippen molar-refractivity contribution in [1.29, 1.82) is 0 Å². The minimum atomic E-state index is -0.581. The number of fused-ring (bicyclic) bond motifs is 2. The monoisotopic (exact) mass is 386 g/mol. The van der Waals surface area contributed by atoms with Crippen molar-refractivity contribution in [1.82, 2.24) is 14.9 Å². The van der Waals surface area contributed by atoms with Crippen LogP contribution in [0.1, 0.15) is 42.2 Å². The molecule has 0 unspecified atom stereocenters. The highest BCUT2D eigenvalue weighted by molar-refractivity contribution is 5.98. The van der Waals surface area contributed by atoms with Crippen LogP contribution in [0.2, 0.25) is 0 Å². The van der Waals surface area contributed by atoms with Gasteiger partial charge in [-0.2, -0.15) is 0 Å². The minimum absolute atomic E-state index is 0.0516. The van der Waals surface area contributed by atoms with Crippen LogP contribution in [0.3, 0.4) is 0 Å². The Balaban J connectivity index is 1.40. The Morgan fingerprint density at radius 3 is 2.86 bits per heavy atom. The Morgan fingerprint density at radius 2 is 2.18 bits per heavy atom. The Kier molecular flexibility index (Phi) is 5.13. The highest BCUT2D eigenvalue weighted by Crippen LogP contribution is 2.39. The van der Waals surface area contributed by atoms with E-state index in [1.54, 1.807) is 6.33 Å². The molecule has 148 valence electrons. The van der Waals surface area contributed by atoms with E-state index in [1.807, 2.05) is 17.7 Å². The number of hydrogen-bond acceptors (Lipinski definition) is 4. The molecule has 4 rings (SSSR count). The first-order chi connectivity index (χ1) is 13.5. The first-order valence-corrected chi connectivity index (χ1v) is 9.57. The van der Waals surface area contributed by atoms with Gasteiger partial charge in [-0.1, -0.05) is 0 Å². The average molecular weight is 386 g/mol. The highest BCUT2D eigenvalue weighted by Gasteiger charge is 2.44. The maximum absolute atomic E-state index is 14.0. The molecular formula is C20H23FN4O3. The summed E-state index contributed by atoms with van der Waals surface area (Å²) in [4.78, 5) is 29.1. The maximum atomic E-state index is 14.0. The third-order valence-electron chi connectivity index (χ3n) is 5.35. The number of hydrogen-bond donors (Lipinski definition) is 2. The van der Waals surface area contributed by atoms with E-state index >= 15 is 0 Å². The van der Waals surface area contributed by atoms with Gasteiger partial charge in [-0.05, 0) is 44.4 Å². The normalized spacial score (nSPS) is 23.0. The van der Waals surface area contributed by atoms with Crippen molar-refractivity contribution in [2.24, 2.45) is 5.92 Å². The van der Waals surface area contributed by atoms with Crippen LogP contribution in [-0.4, -0.2) is 33.6 Å². The summed E-state index contributed by atoms with van der Waals surface area (Å²) in [5.74, 6) is -1.41. The number of imidazole rings is 1. The van der Waals surface area contributed by atoms with Crippen molar-refractivity contribution < 1.29 is 18.7 Å². The van der Waals surface area contributed by atoms with Crippen molar-refractivity contribution in [2.45, 2.75) is 51.5 Å². The molecule has 0 saturated carbocycles. The van der Waals surface area contributed by atoms with Crippen molar-refractivity contribution >= 4 is 17.5 Å². The first kappa shape index (κ1) is 18.6. The van der Waals surface area contributed by atoms with Gasteiger partial charge in [-0.15, -0.1) is 0 Å². The molecule has 2 aliphatic heterocycles. The van der Waals surface area contributed by atoms with Crippen molar-refractivity contribution in [3.05, 3.63) is 47.8 Å². The molecule has 7 nitrogen and oxygen atoms in total. The molecule has 3 atom stereocenters. The zero-order chi connectivity index (χ0) is 19.7. The van der Waals surface area contributed by atoms with Crippen molar-refractivity contribution in [3.8, 4) is 0 Å². The Hall–Kier alpha value is -2.74. The Labute approximate surface area is 162 Å². The molecule has 2 amide bonds. The predicted molar refractivity (Wildman–Crippen MR) is 100 cm³/mol. The van der Waals surface area contributed by atoms with E-state index in [-0.39, 0.29) is 41.8 Å². The van der Waals surface area contributed by atoms with Gasteiger partial charge in [0.15, 0.2) is 0 Å². The smallest absolute Gasteiger partial charge is 0.251 e. The van der Waals surface area contributed by atoms with Gasteiger partial charge in [-0.25, -0.2) is 9.37 Å². The predicted octanol–water partition coefficient (Wildman–Crippen LogP) is 2.48. The fourth-order valence-corrected chi connectivity index (χ4v) is 3.89. The number of carbonyl (C=O) groups is 2. The van der Waals surface area contributed by atoms with Crippen LogP contribution in [0.5, 0.6) is 0 Å². The topological polar surface area (TPSA) is 85.3 Å². The SMILES string of the molecule is CCn1cnc(CNC(=O)c2cc(F)cc(NC(=O)[C@@H]3C[C@@H]4CC[C@H]3O4)c2)c1. The number of aryl methyl sites for hydroxylation is 1. The second-order valence-corrected chi connectivity index (χ2v) is 7.31. The van der Waals surface area contributed by atoms with Gasteiger partial charge in [-0.3, -0.25) is 9.59 Å². The summed E-state index contributed by atoms with van der Waals surface area (Å²) in [5, 5.41) is 5.46. The van der Waals surface area contributed by atoms with Gasteiger partial charge in [0.2, 0.25) is 5.91 Å². The summed E-state index contributed by atoms with van der Waals surface area (Å²) < 4.78 is 21.6. The van der Waals surface area contributed by atoms with Gasteiger partial charge in [0.05, 0.1) is 36.7 Å². The van der Waals surface area contributed by atoms with Crippen LogP contribution in [0, 0.1) is 11.7 Å². The summed E-state index contributed by atoms with van der Waals surface area (Å²) in [5.41, 5.74) is 1.14. The fourth-order valence-electron chi connectivity index (χ4n) is 3.89. The first-order valence-electron chi connectivity index (χ1n) is 9.57. The molecule has 1 aromatic carbocycles. The minimum Gasteiger partial charge on any atom is -0.374 e. The molecule has 2 aliphatic rings. The molecule has 2 aromatic rings. The molecule has 0 radical (unpaired) electrons. The lowest BCUT2D eigenvalue weighted by Crippen LogP contribution is -2.30. The lowest BCUT2D eigenvalue weighted by molar-refractivity contribution is -0.121. The zero-order valence-electron chi connectivity index (χ0n) is 15.7. The quantitative estimate of drug-likeness (QED) is 0.799. The molecule has 1 aromatic heterocycles. The maximum Gasteiger partial charge on any atom is 0.251 e. The summed E-state index contributed by atoms with van der Waals surface area (Å²) in [6.07, 6.45) is 6.22. The van der Waals surface area contributed by atoms with E-state index in [0.29, 0.717) is 6.42 Å². The van der Waals surface area contributed by atoms with E-state index in [1.165, 1.54) is 12.1 Å². The van der Waals surface area contributed by atoms with E-state index in [0.717, 1.165) is 31.1 Å². The standard InChI is InChI=1S/C20H23FN4O3/c1-2-25-10-15(23-11-25)9-22-19(26)12-5-13(21)7-14(6-12)24-20(27)17-8-16-3-4-18(17)28-16/h5-7,10-11,16-18H,2-4,8-9H2,1H3,(H,22,26)(H,24,27)/t16-,17+,18+/m0/s1. The number of nitrogens with one attached hydrogen (secondary N) is 2. The van der Waals surface area contributed by atoms with Gasteiger partial charge in [0, 0.05) is 24.0 Å². The molecule has 2 N–H and O–H groups in total. The second kappa shape index (κ2) is 7.71. The molecule has 2 saturated heterocycles. The number of carbonyl (C=O) groups excluding carboxylic acids is 2. The van der Waals surface area contributed by atoms with Crippen LogP contribution in [-0.2, 0) is 22.6 Å². The lowest BCUT2D eigenvalue weighted by Gasteiger charge is -2.18. The highest BCUT2D eigenvalue weighted by atomic mass is 19.1. The summed E-state index contributed by atoms with van der Waals surface area (Å²) >= 11 is 0. The van der Waals surface area contributed by atoms with Crippen LogP contribution < -0.4 is 10.6 Å². The van der Waals surface area contributed by atoms with Crippen LogP contribution >= 0.6 is 0 Å². The van der Waals surface area contributed by atoms with Gasteiger partial charge in [0.1, 0.15) is 5.82 Å². The Bertz CT molecular complexity index is 897. The third-order valence-corrected chi connectivity index (χ3v) is 5.35. The number of amides is 2. The van der Waals surface area contributed by atoms with Crippen LogP contribution in [0.4, 0.5) is 10.1 Å². The third kappa shape index (κ3) is 3.91. The van der Waals surface area contributed by atoms with E-state index in [2.05, 4.69) is 15.6 Å². The largest absolute Gasteiger partial charge is 0.374 e. The molecular weight excluding hydrogens is 363 g/mol. The van der Waals surface area contributed by atoms with E-state index in [4.69, 9.17) is 4.74 Å². The lowest BCUT2D eigenvalue weighted by atomic mass is 9.88. The molecule has 2 fully saturated rings. The molecule has 8 heteroatoms. The van der Waals surface area contributed by atoms with Gasteiger partial charge < -0.3 is 19.9 Å². The van der Waals surface area contributed by atoms with Crippen LogP contribution in [0.25, 0.3) is 0 Å². The summed E-state index contributed by atoms with van der Waals surface area (Å²) in [6, 6.07) is 3.84. The number of benzene rings is 1. The average Bonchev–Trinajstić information content (AvgIpc) is 3.42. The summed E-state index contributed by atoms with van der Waals surface area (Å²) in [7, 11) is 0. The van der Waals surface area contributed by atoms with Gasteiger partial charge >= 0.3 is 0 Å². The molecule has 2 bridgehead atoms. The second-order valence-electron chi connectivity index (χ2n) is 7.31. The van der Waals surface area contributed by atoms with Gasteiger partial charge in [0.25, 0.3) is 5.91 Å². The summed E-state index contributed by atoms with van der Waals surface area (Å²) in [6.45, 7) is 3.03. The Morgan fingerprint density at radius 1 is 1.32 bits per heavy atom. The van der Waals surface area contributed by atoms with Crippen LogP contribution in [0.15, 0.2) is 30.7 Å². The number of nitrogens with zero attached hydrogens (tertiary/aromatic N) is 2. The number of rotatable bonds is 6. The number of halogens is 1. The molecule has 3 heterocycles. The fraction of sp³-hybridized carbons (Fsp3) is 0.450. The molecule has 0 spiro atoms.